The van der Waals surface area contributed by atoms with Crippen molar-refractivity contribution in [2.45, 2.75) is 27.2 Å². The summed E-state index contributed by atoms with van der Waals surface area (Å²) in [4.78, 5) is 0. The van der Waals surface area contributed by atoms with Crippen LogP contribution in [-0.2, 0) is 0 Å². The van der Waals surface area contributed by atoms with Gasteiger partial charge >= 0.3 is 0 Å². The summed E-state index contributed by atoms with van der Waals surface area (Å²) in [6.07, 6.45) is 0.471. The lowest BCUT2D eigenvalue weighted by atomic mass is 9.72. The zero-order valence-electron chi connectivity index (χ0n) is 9.41. The van der Waals surface area contributed by atoms with E-state index >= 15 is 0 Å². The highest BCUT2D eigenvalue weighted by molar-refractivity contribution is 5.37. The molecule has 1 aliphatic carbocycles. The Bertz CT molecular complexity index is 354. The van der Waals surface area contributed by atoms with Gasteiger partial charge in [0.1, 0.15) is 0 Å². The lowest BCUT2D eigenvalue weighted by molar-refractivity contribution is 0.257. The van der Waals surface area contributed by atoms with Crippen LogP contribution in [0.3, 0.4) is 0 Å². The quantitative estimate of drug-likeness (QED) is 0.699. The lowest BCUT2D eigenvalue weighted by Crippen LogP contribution is -2.29. The average Bonchev–Trinajstić information content (AvgIpc) is 2.51. The van der Waals surface area contributed by atoms with Crippen LogP contribution in [0, 0.1) is 39.9 Å². The molecule has 0 amide bonds. The molecule has 1 rings (SSSR count). The van der Waals surface area contributed by atoms with E-state index in [0.717, 1.165) is 11.1 Å². The second-order valence-corrected chi connectivity index (χ2v) is 4.56. The van der Waals surface area contributed by atoms with E-state index in [1.807, 2.05) is 20.8 Å². The van der Waals surface area contributed by atoms with Gasteiger partial charge in [0, 0.05) is 12.3 Å². The number of nitriles is 2. The van der Waals surface area contributed by atoms with Gasteiger partial charge in [0.25, 0.3) is 0 Å². The van der Waals surface area contributed by atoms with E-state index in [1.54, 1.807) is 0 Å². The highest BCUT2D eigenvalue weighted by atomic mass is 16.3. The maximum absolute atomic E-state index is 9.30. The molecule has 0 fully saturated rings. The molecule has 0 bridgehead atoms. The Kier molecular flexibility index (Phi) is 3.17. The molecule has 1 atom stereocenters. The summed E-state index contributed by atoms with van der Waals surface area (Å²) in [6, 6.07) is 4.28. The summed E-state index contributed by atoms with van der Waals surface area (Å²) in [5, 5.41) is 27.7. The largest absolute Gasteiger partial charge is 0.392 e. The van der Waals surface area contributed by atoms with E-state index in [1.165, 1.54) is 0 Å². The normalized spacial score (nSPS) is 24.1. The van der Waals surface area contributed by atoms with Crippen LogP contribution in [0.15, 0.2) is 11.1 Å². The second-order valence-electron chi connectivity index (χ2n) is 4.56. The smallest absolute Gasteiger partial charge is 0.154 e. The molecule has 80 valence electrons. The zero-order valence-corrected chi connectivity index (χ0v) is 9.41. The van der Waals surface area contributed by atoms with E-state index < -0.39 is 5.41 Å². The minimum Gasteiger partial charge on any atom is -0.392 e. The van der Waals surface area contributed by atoms with Crippen molar-refractivity contribution in [3.05, 3.63) is 11.1 Å². The average molecular weight is 204 g/mol. The summed E-state index contributed by atoms with van der Waals surface area (Å²) >= 11 is 0. The topological polar surface area (TPSA) is 67.8 Å². The van der Waals surface area contributed by atoms with Crippen molar-refractivity contribution in [1.29, 1.82) is 10.5 Å². The van der Waals surface area contributed by atoms with Gasteiger partial charge in [0.2, 0.25) is 0 Å². The standard InChI is InChI=1S/C12H16N2O/c1-8(2)11-10(5-15)9(3)4-12(11,6-13)7-14/h8,11,15H,4-5H2,1-3H3/t11-/m1/s1. The van der Waals surface area contributed by atoms with Crippen molar-refractivity contribution in [3.63, 3.8) is 0 Å². The molecule has 15 heavy (non-hydrogen) atoms. The molecule has 0 radical (unpaired) electrons. The van der Waals surface area contributed by atoms with Gasteiger partial charge in [-0.15, -0.1) is 0 Å². The number of hydrogen-bond donors (Lipinski definition) is 1. The van der Waals surface area contributed by atoms with Crippen molar-refractivity contribution < 1.29 is 5.11 Å². The molecule has 0 saturated heterocycles. The van der Waals surface area contributed by atoms with Crippen LogP contribution in [-0.4, -0.2) is 11.7 Å². The van der Waals surface area contributed by atoms with Crippen molar-refractivity contribution in [3.8, 4) is 12.1 Å². The fraction of sp³-hybridized carbons (Fsp3) is 0.667. The minimum absolute atomic E-state index is 0.0419. The van der Waals surface area contributed by atoms with Crippen molar-refractivity contribution in [2.75, 3.05) is 6.61 Å². The highest BCUT2D eigenvalue weighted by Gasteiger charge is 2.48. The predicted molar refractivity (Wildman–Crippen MR) is 56.4 cm³/mol. The van der Waals surface area contributed by atoms with Crippen LogP contribution in [0.2, 0.25) is 0 Å². The monoisotopic (exact) mass is 204 g/mol. The van der Waals surface area contributed by atoms with Crippen LogP contribution in [0.4, 0.5) is 0 Å². The molecule has 3 nitrogen and oxygen atoms in total. The zero-order chi connectivity index (χ0) is 11.6. The van der Waals surface area contributed by atoms with Gasteiger partial charge in [-0.3, -0.25) is 0 Å². The maximum Gasteiger partial charge on any atom is 0.154 e. The van der Waals surface area contributed by atoms with Crippen molar-refractivity contribution >= 4 is 0 Å². The van der Waals surface area contributed by atoms with Crippen LogP contribution >= 0.6 is 0 Å². The number of nitrogens with zero attached hydrogens (tertiary/aromatic N) is 2. The summed E-state index contributed by atoms with van der Waals surface area (Å²) in [7, 11) is 0. The fourth-order valence-electron chi connectivity index (χ4n) is 2.65. The molecule has 0 saturated carbocycles. The molecule has 0 aliphatic heterocycles. The lowest BCUT2D eigenvalue weighted by Gasteiger charge is -2.27. The summed E-state index contributed by atoms with van der Waals surface area (Å²) in [5.74, 6) is 0.0707. The Labute approximate surface area is 90.6 Å². The Hall–Kier alpha value is -1.32. The van der Waals surface area contributed by atoms with E-state index in [-0.39, 0.29) is 18.4 Å². The Morgan fingerprint density at radius 1 is 1.47 bits per heavy atom. The van der Waals surface area contributed by atoms with Gasteiger partial charge in [0.15, 0.2) is 5.41 Å². The predicted octanol–water partition coefficient (Wildman–Crippen LogP) is 2.00. The van der Waals surface area contributed by atoms with Gasteiger partial charge in [-0.2, -0.15) is 10.5 Å². The maximum atomic E-state index is 9.30. The van der Waals surface area contributed by atoms with Crippen LogP contribution < -0.4 is 0 Å². The molecule has 0 aromatic carbocycles. The summed E-state index contributed by atoms with van der Waals surface area (Å²) in [5.41, 5.74) is 0.920. The molecule has 0 spiro atoms. The fourth-order valence-corrected chi connectivity index (χ4v) is 2.65. The van der Waals surface area contributed by atoms with Gasteiger partial charge < -0.3 is 5.11 Å². The third-order valence-corrected chi connectivity index (χ3v) is 3.23. The first kappa shape index (κ1) is 11.8. The highest BCUT2D eigenvalue weighted by Crippen LogP contribution is 2.49. The van der Waals surface area contributed by atoms with E-state index in [4.69, 9.17) is 0 Å². The van der Waals surface area contributed by atoms with E-state index in [2.05, 4.69) is 12.1 Å². The first-order chi connectivity index (χ1) is 7.02. The number of aliphatic hydroxyl groups excluding tert-OH is 1. The molecule has 0 aromatic heterocycles. The van der Waals surface area contributed by atoms with E-state index in [0.29, 0.717) is 6.42 Å². The molecule has 3 heteroatoms. The van der Waals surface area contributed by atoms with Crippen LogP contribution in [0.5, 0.6) is 0 Å². The van der Waals surface area contributed by atoms with Gasteiger partial charge in [-0.05, 0) is 18.4 Å². The molecule has 1 N–H and O–H groups in total. The molecular formula is C12H16N2O. The van der Waals surface area contributed by atoms with Crippen LogP contribution in [0.25, 0.3) is 0 Å². The van der Waals surface area contributed by atoms with Crippen LogP contribution in [0.1, 0.15) is 27.2 Å². The third-order valence-electron chi connectivity index (χ3n) is 3.23. The molecule has 0 heterocycles. The minimum atomic E-state index is -0.962. The molecular weight excluding hydrogens is 188 g/mol. The van der Waals surface area contributed by atoms with Gasteiger partial charge in [-0.1, -0.05) is 19.4 Å². The summed E-state index contributed by atoms with van der Waals surface area (Å²) in [6.45, 7) is 5.84. The SMILES string of the molecule is CC1=C(CO)[C@@H](C(C)C)C(C#N)(C#N)C1. The third kappa shape index (κ3) is 1.64. The number of hydrogen-bond acceptors (Lipinski definition) is 3. The molecule has 0 unspecified atom stereocenters. The summed E-state index contributed by atoms with van der Waals surface area (Å²) < 4.78 is 0. The first-order valence-electron chi connectivity index (χ1n) is 5.14. The number of allylic oxidation sites excluding steroid dienone is 1. The first-order valence-corrected chi connectivity index (χ1v) is 5.14. The van der Waals surface area contributed by atoms with Crippen molar-refractivity contribution in [1.82, 2.24) is 0 Å². The van der Waals surface area contributed by atoms with Crippen molar-refractivity contribution in [2.24, 2.45) is 17.3 Å². The second kappa shape index (κ2) is 4.04. The Morgan fingerprint density at radius 2 is 2.00 bits per heavy atom. The van der Waals surface area contributed by atoms with Gasteiger partial charge in [0.05, 0.1) is 18.7 Å². The Morgan fingerprint density at radius 3 is 2.33 bits per heavy atom. The number of rotatable bonds is 2. The van der Waals surface area contributed by atoms with Gasteiger partial charge in [-0.25, -0.2) is 0 Å². The molecule has 0 aromatic rings. The molecule has 1 aliphatic rings. The Balaban J connectivity index is 3.22. The van der Waals surface area contributed by atoms with E-state index in [9.17, 15) is 15.6 Å². The number of aliphatic hydroxyl groups is 1.